The highest BCUT2D eigenvalue weighted by atomic mass is 128. The molecule has 7 nitrogen and oxygen atoms in total. The SMILES string of the molecule is COC(=O)c1ncoc1-c1ccc([N+](=O)[O-])cc1C.II. The summed E-state index contributed by atoms with van der Waals surface area (Å²) < 4.78 is 9.76. The van der Waals surface area contributed by atoms with E-state index in [1.807, 2.05) is 0 Å². The number of rotatable bonds is 3. The van der Waals surface area contributed by atoms with Gasteiger partial charge in [0.1, 0.15) is 0 Å². The molecule has 9 heteroatoms. The lowest BCUT2D eigenvalue weighted by Crippen LogP contribution is -2.03. The van der Waals surface area contributed by atoms with Gasteiger partial charge in [-0.3, -0.25) is 10.1 Å². The lowest BCUT2D eigenvalue weighted by molar-refractivity contribution is -0.384. The average molecular weight is 516 g/mol. The highest BCUT2D eigenvalue weighted by Gasteiger charge is 2.21. The van der Waals surface area contributed by atoms with Crippen LogP contribution in [-0.2, 0) is 4.74 Å². The number of hydrogen-bond acceptors (Lipinski definition) is 6. The van der Waals surface area contributed by atoms with Gasteiger partial charge in [0, 0.05) is 54.9 Å². The minimum absolute atomic E-state index is 0.0274. The molecule has 0 aliphatic heterocycles. The summed E-state index contributed by atoms with van der Waals surface area (Å²) >= 11 is 4.24. The second-order valence-corrected chi connectivity index (χ2v) is 3.78. The fourth-order valence-corrected chi connectivity index (χ4v) is 1.70. The molecule has 0 saturated carbocycles. The zero-order chi connectivity index (χ0) is 16.0. The molecule has 1 aromatic heterocycles. The van der Waals surface area contributed by atoms with Gasteiger partial charge in [-0.2, -0.15) is 0 Å². The third-order valence-corrected chi connectivity index (χ3v) is 2.61. The van der Waals surface area contributed by atoms with Crippen LogP contribution in [0, 0.1) is 17.0 Å². The largest absolute Gasteiger partial charge is 0.464 e. The zero-order valence-electron chi connectivity index (χ0n) is 11.0. The Hall–Kier alpha value is -1.24. The first kappa shape index (κ1) is 17.8. The maximum atomic E-state index is 11.5. The van der Waals surface area contributed by atoms with Crippen LogP contribution < -0.4 is 0 Å². The van der Waals surface area contributed by atoms with Gasteiger partial charge in [0.25, 0.3) is 5.69 Å². The van der Waals surface area contributed by atoms with Crippen LogP contribution in [0.2, 0.25) is 0 Å². The minimum atomic E-state index is -0.624. The summed E-state index contributed by atoms with van der Waals surface area (Å²) in [5, 5.41) is 10.7. The van der Waals surface area contributed by atoms with E-state index in [4.69, 9.17) is 4.42 Å². The Bertz CT molecular complexity index is 657. The summed E-state index contributed by atoms with van der Waals surface area (Å²) in [5.74, 6) is -0.388. The molecule has 0 aliphatic carbocycles. The molecule has 0 unspecified atom stereocenters. The Labute approximate surface area is 143 Å². The number of oxazole rings is 1. The maximum absolute atomic E-state index is 11.5. The summed E-state index contributed by atoms with van der Waals surface area (Å²) in [7, 11) is 1.24. The highest BCUT2D eigenvalue weighted by molar-refractivity contribution is 15.0. The standard InChI is InChI=1S/C12H10N2O5.I2/c1-7-5-8(14(16)17)3-4-9(7)11-10(12(15)18-2)13-6-19-11;1-2/h3-6H,1-2H3;. The predicted octanol–water partition coefficient (Wildman–Crippen LogP) is 4.12. The lowest BCUT2D eigenvalue weighted by atomic mass is 10.0. The molecule has 0 N–H and O–H groups in total. The van der Waals surface area contributed by atoms with Crippen molar-refractivity contribution >= 4 is 48.9 Å². The molecule has 1 heterocycles. The molecule has 112 valence electrons. The summed E-state index contributed by atoms with van der Waals surface area (Å²) in [6, 6.07) is 4.26. The van der Waals surface area contributed by atoms with Gasteiger partial charge >= 0.3 is 5.97 Å². The molecule has 0 radical (unpaired) electrons. The van der Waals surface area contributed by atoms with Crippen molar-refractivity contribution in [2.24, 2.45) is 0 Å². The summed E-state index contributed by atoms with van der Waals surface area (Å²) in [5.41, 5.74) is 1.18. The van der Waals surface area contributed by atoms with Crippen LogP contribution in [0.5, 0.6) is 0 Å². The van der Waals surface area contributed by atoms with Gasteiger partial charge in [-0.1, -0.05) is 0 Å². The number of nitro benzene ring substituents is 1. The number of hydrogen-bond donors (Lipinski definition) is 0. The normalized spacial score (nSPS) is 9.52. The third-order valence-electron chi connectivity index (χ3n) is 2.61. The number of esters is 1. The number of methoxy groups -OCH3 is 1. The van der Waals surface area contributed by atoms with Gasteiger partial charge < -0.3 is 9.15 Å². The third kappa shape index (κ3) is 4.12. The molecular formula is C12H10I2N2O5. The van der Waals surface area contributed by atoms with Gasteiger partial charge in [0.05, 0.1) is 12.0 Å². The Balaban J connectivity index is 0.00000106. The number of benzene rings is 1. The topological polar surface area (TPSA) is 95.5 Å². The van der Waals surface area contributed by atoms with Crippen molar-refractivity contribution in [2.45, 2.75) is 6.92 Å². The molecule has 0 bridgehead atoms. The Morgan fingerprint density at radius 1 is 1.43 bits per heavy atom. The smallest absolute Gasteiger partial charge is 0.360 e. The Morgan fingerprint density at radius 3 is 2.62 bits per heavy atom. The van der Waals surface area contributed by atoms with Crippen LogP contribution in [-0.4, -0.2) is 23.0 Å². The summed E-state index contributed by atoms with van der Waals surface area (Å²) in [4.78, 5) is 25.5. The number of non-ortho nitro benzene ring substituents is 1. The van der Waals surface area contributed by atoms with E-state index in [0.29, 0.717) is 11.1 Å². The van der Waals surface area contributed by atoms with Crippen LogP contribution in [0.4, 0.5) is 5.69 Å². The van der Waals surface area contributed by atoms with Crippen molar-refractivity contribution in [1.29, 1.82) is 0 Å². The first-order valence-electron chi connectivity index (χ1n) is 5.46. The van der Waals surface area contributed by atoms with Gasteiger partial charge in [-0.05, 0) is 18.6 Å². The second kappa shape index (κ2) is 8.26. The summed E-state index contributed by atoms with van der Waals surface area (Å²) in [6.45, 7) is 1.69. The van der Waals surface area contributed by atoms with Crippen molar-refractivity contribution in [3.8, 4) is 11.3 Å². The lowest BCUT2D eigenvalue weighted by Gasteiger charge is -2.03. The Morgan fingerprint density at radius 2 is 2.10 bits per heavy atom. The van der Waals surface area contributed by atoms with Crippen molar-refractivity contribution in [1.82, 2.24) is 4.98 Å². The molecule has 2 aromatic rings. The number of aromatic nitrogens is 1. The number of carbonyl (C=O) groups excluding carboxylic acids is 1. The van der Waals surface area contributed by atoms with Gasteiger partial charge in [-0.15, -0.1) is 0 Å². The van der Waals surface area contributed by atoms with Crippen molar-refractivity contribution in [3.05, 3.63) is 46.0 Å². The van der Waals surface area contributed by atoms with Crippen LogP contribution in [0.15, 0.2) is 29.0 Å². The summed E-state index contributed by atoms with van der Waals surface area (Å²) in [6.07, 6.45) is 1.13. The fourth-order valence-electron chi connectivity index (χ4n) is 1.70. The van der Waals surface area contributed by atoms with Gasteiger partial charge in [0.2, 0.25) is 0 Å². The molecule has 0 atom stereocenters. The quantitative estimate of drug-likeness (QED) is 0.264. The van der Waals surface area contributed by atoms with E-state index in [0.717, 1.165) is 6.39 Å². The molecule has 2 rings (SSSR count). The molecule has 0 spiro atoms. The van der Waals surface area contributed by atoms with E-state index in [1.165, 1.54) is 25.3 Å². The maximum Gasteiger partial charge on any atom is 0.360 e. The van der Waals surface area contributed by atoms with E-state index in [1.54, 1.807) is 6.92 Å². The minimum Gasteiger partial charge on any atom is -0.464 e. The van der Waals surface area contributed by atoms with E-state index in [9.17, 15) is 14.9 Å². The number of nitro groups is 1. The predicted molar refractivity (Wildman–Crippen MR) is 92.7 cm³/mol. The molecule has 0 aliphatic rings. The number of nitrogens with zero attached hydrogens (tertiary/aromatic N) is 2. The highest BCUT2D eigenvalue weighted by Crippen LogP contribution is 2.29. The molecule has 0 saturated heterocycles. The molecule has 0 fully saturated rings. The van der Waals surface area contributed by atoms with Gasteiger partial charge in [-0.25, -0.2) is 9.78 Å². The molecule has 0 amide bonds. The monoisotopic (exact) mass is 516 g/mol. The second-order valence-electron chi connectivity index (χ2n) is 3.78. The number of aryl methyl sites for hydroxylation is 1. The van der Waals surface area contributed by atoms with Crippen LogP contribution in [0.25, 0.3) is 11.3 Å². The van der Waals surface area contributed by atoms with E-state index < -0.39 is 10.9 Å². The Kier molecular flexibility index (Phi) is 7.01. The van der Waals surface area contributed by atoms with Crippen molar-refractivity contribution in [3.63, 3.8) is 0 Å². The van der Waals surface area contributed by atoms with E-state index in [2.05, 4.69) is 47.0 Å². The molecule has 21 heavy (non-hydrogen) atoms. The number of carbonyl (C=O) groups is 1. The molecular weight excluding hydrogens is 506 g/mol. The average Bonchev–Trinajstić information content (AvgIpc) is 2.97. The van der Waals surface area contributed by atoms with Crippen LogP contribution in [0.1, 0.15) is 16.1 Å². The number of ether oxygens (including phenoxy) is 1. The van der Waals surface area contributed by atoms with Crippen LogP contribution >= 0.6 is 37.2 Å². The molecule has 1 aromatic carbocycles. The zero-order valence-corrected chi connectivity index (χ0v) is 15.3. The van der Waals surface area contributed by atoms with Crippen molar-refractivity contribution < 1.29 is 18.9 Å². The number of halogens is 2. The first-order valence-corrected chi connectivity index (χ1v) is 11.7. The fraction of sp³-hybridized carbons (Fsp3) is 0.167. The first-order chi connectivity index (χ1) is 10.0. The van der Waals surface area contributed by atoms with E-state index >= 15 is 0 Å². The van der Waals surface area contributed by atoms with E-state index in [-0.39, 0.29) is 17.1 Å². The van der Waals surface area contributed by atoms with Crippen LogP contribution in [0.3, 0.4) is 0 Å². The van der Waals surface area contributed by atoms with Gasteiger partial charge in [0.15, 0.2) is 17.8 Å². The van der Waals surface area contributed by atoms with Crippen molar-refractivity contribution in [2.75, 3.05) is 7.11 Å².